The van der Waals surface area contributed by atoms with E-state index in [0.29, 0.717) is 22.2 Å². The lowest BCUT2D eigenvalue weighted by Gasteiger charge is -2.11. The number of anilines is 1. The van der Waals surface area contributed by atoms with Crippen LogP contribution in [0.3, 0.4) is 0 Å². The molecule has 0 aromatic heterocycles. The molecule has 0 unspecified atom stereocenters. The van der Waals surface area contributed by atoms with Crippen molar-refractivity contribution in [1.29, 1.82) is 0 Å². The maximum absolute atomic E-state index is 13.4. The largest absolute Gasteiger partial charge is 0.380 e. The summed E-state index contributed by atoms with van der Waals surface area (Å²) in [5.41, 5.74) is 2.20. The molecule has 0 aliphatic heterocycles. The summed E-state index contributed by atoms with van der Waals surface area (Å²) in [6, 6.07) is 8.77. The number of aryl methyl sites for hydroxylation is 1. The predicted molar refractivity (Wildman–Crippen MR) is 82.6 cm³/mol. The van der Waals surface area contributed by atoms with Crippen molar-refractivity contribution in [2.24, 2.45) is 0 Å². The van der Waals surface area contributed by atoms with Gasteiger partial charge in [-0.05, 0) is 52.2 Å². The summed E-state index contributed by atoms with van der Waals surface area (Å²) >= 11 is 15.5. The standard InChI is InChI=1S/C14H11BrCl2FN/c1-8-2-3-9(6-11(8)18)7-19-12-5-4-10(15)13(16)14(12)17/h2-6,19H,7H2,1H3. The van der Waals surface area contributed by atoms with Crippen molar-refractivity contribution in [2.45, 2.75) is 13.5 Å². The zero-order valence-electron chi connectivity index (χ0n) is 10.1. The molecule has 0 spiro atoms. The Morgan fingerprint density at radius 1 is 1.16 bits per heavy atom. The Kier molecular flexibility index (Phi) is 4.71. The predicted octanol–water partition coefficient (Wildman–Crippen LogP) is 5.82. The molecule has 0 bridgehead atoms. The van der Waals surface area contributed by atoms with Crippen LogP contribution in [0.4, 0.5) is 10.1 Å². The normalized spacial score (nSPS) is 10.6. The Labute approximate surface area is 129 Å². The fourth-order valence-electron chi connectivity index (χ4n) is 1.61. The van der Waals surface area contributed by atoms with Gasteiger partial charge in [0.05, 0.1) is 15.7 Å². The lowest BCUT2D eigenvalue weighted by molar-refractivity contribution is 0.616. The number of hydrogen-bond acceptors (Lipinski definition) is 1. The van der Waals surface area contributed by atoms with E-state index in [4.69, 9.17) is 23.2 Å². The van der Waals surface area contributed by atoms with Crippen LogP contribution in [-0.4, -0.2) is 0 Å². The topological polar surface area (TPSA) is 12.0 Å². The number of hydrogen-bond donors (Lipinski definition) is 1. The average Bonchev–Trinajstić information content (AvgIpc) is 2.39. The molecule has 0 heterocycles. The van der Waals surface area contributed by atoms with E-state index in [-0.39, 0.29) is 5.82 Å². The minimum absolute atomic E-state index is 0.209. The second kappa shape index (κ2) is 6.12. The van der Waals surface area contributed by atoms with Crippen molar-refractivity contribution in [3.63, 3.8) is 0 Å². The summed E-state index contributed by atoms with van der Waals surface area (Å²) in [7, 11) is 0. The zero-order chi connectivity index (χ0) is 14.0. The van der Waals surface area contributed by atoms with E-state index in [0.717, 1.165) is 15.7 Å². The van der Waals surface area contributed by atoms with Gasteiger partial charge in [-0.15, -0.1) is 0 Å². The molecule has 0 atom stereocenters. The molecule has 0 amide bonds. The molecule has 0 aliphatic rings. The van der Waals surface area contributed by atoms with Gasteiger partial charge in [0, 0.05) is 11.0 Å². The molecule has 1 N–H and O–H groups in total. The van der Waals surface area contributed by atoms with Crippen molar-refractivity contribution >= 4 is 44.8 Å². The molecule has 0 radical (unpaired) electrons. The zero-order valence-corrected chi connectivity index (χ0v) is 13.2. The summed E-state index contributed by atoms with van der Waals surface area (Å²) in [5, 5.41) is 4.05. The molecule has 2 rings (SSSR count). The van der Waals surface area contributed by atoms with Gasteiger partial charge in [-0.3, -0.25) is 0 Å². The SMILES string of the molecule is Cc1ccc(CNc2ccc(Br)c(Cl)c2Cl)cc1F. The van der Waals surface area contributed by atoms with Crippen molar-refractivity contribution in [2.75, 3.05) is 5.32 Å². The molecule has 0 saturated heterocycles. The van der Waals surface area contributed by atoms with Crippen molar-refractivity contribution in [3.8, 4) is 0 Å². The lowest BCUT2D eigenvalue weighted by atomic mass is 10.1. The molecular weight excluding hydrogens is 352 g/mol. The highest BCUT2D eigenvalue weighted by Crippen LogP contribution is 2.35. The smallest absolute Gasteiger partial charge is 0.126 e. The van der Waals surface area contributed by atoms with Crippen LogP contribution in [0.1, 0.15) is 11.1 Å². The third kappa shape index (κ3) is 3.41. The molecule has 5 heteroatoms. The van der Waals surface area contributed by atoms with E-state index in [1.165, 1.54) is 6.07 Å². The van der Waals surface area contributed by atoms with Crippen LogP contribution in [0, 0.1) is 12.7 Å². The summed E-state index contributed by atoms with van der Waals surface area (Å²) < 4.78 is 14.2. The van der Waals surface area contributed by atoms with Gasteiger partial charge in [-0.25, -0.2) is 4.39 Å². The first-order chi connectivity index (χ1) is 8.99. The minimum Gasteiger partial charge on any atom is -0.380 e. The van der Waals surface area contributed by atoms with Gasteiger partial charge in [0.15, 0.2) is 0 Å². The van der Waals surface area contributed by atoms with Gasteiger partial charge in [0.2, 0.25) is 0 Å². The molecule has 2 aromatic carbocycles. The first-order valence-electron chi connectivity index (χ1n) is 5.61. The van der Waals surface area contributed by atoms with Gasteiger partial charge in [-0.1, -0.05) is 35.3 Å². The summed E-state index contributed by atoms with van der Waals surface area (Å²) in [5.74, 6) is -0.209. The molecule has 0 fully saturated rings. The number of nitrogens with one attached hydrogen (secondary N) is 1. The van der Waals surface area contributed by atoms with Crippen LogP contribution >= 0.6 is 39.1 Å². The highest BCUT2D eigenvalue weighted by molar-refractivity contribution is 9.10. The Morgan fingerprint density at radius 3 is 2.58 bits per heavy atom. The van der Waals surface area contributed by atoms with Crippen LogP contribution in [-0.2, 0) is 6.54 Å². The quantitative estimate of drug-likeness (QED) is 0.678. The van der Waals surface area contributed by atoms with E-state index in [1.54, 1.807) is 13.0 Å². The second-order valence-electron chi connectivity index (χ2n) is 4.16. The van der Waals surface area contributed by atoms with E-state index < -0.39 is 0 Å². The number of halogens is 4. The van der Waals surface area contributed by atoms with Crippen molar-refractivity contribution < 1.29 is 4.39 Å². The highest BCUT2D eigenvalue weighted by atomic mass is 79.9. The Balaban J connectivity index is 2.14. The van der Waals surface area contributed by atoms with Crippen molar-refractivity contribution in [3.05, 3.63) is 61.8 Å². The highest BCUT2D eigenvalue weighted by Gasteiger charge is 2.08. The average molecular weight is 363 g/mol. The molecule has 0 saturated carbocycles. The first-order valence-corrected chi connectivity index (χ1v) is 7.16. The Morgan fingerprint density at radius 2 is 1.89 bits per heavy atom. The van der Waals surface area contributed by atoms with Gasteiger partial charge in [0.25, 0.3) is 0 Å². The maximum Gasteiger partial charge on any atom is 0.126 e. The fraction of sp³-hybridized carbons (Fsp3) is 0.143. The summed E-state index contributed by atoms with van der Waals surface area (Å²) in [6.45, 7) is 2.22. The molecule has 0 aliphatic carbocycles. The Hall–Kier alpha value is -0.770. The summed E-state index contributed by atoms with van der Waals surface area (Å²) in [6.07, 6.45) is 0. The lowest BCUT2D eigenvalue weighted by Crippen LogP contribution is -2.01. The third-order valence-electron chi connectivity index (χ3n) is 2.75. The second-order valence-corrected chi connectivity index (χ2v) is 5.77. The molecule has 2 aromatic rings. The molecule has 1 nitrogen and oxygen atoms in total. The number of rotatable bonds is 3. The van der Waals surface area contributed by atoms with Crippen LogP contribution < -0.4 is 5.32 Å². The van der Waals surface area contributed by atoms with Crippen LogP contribution in [0.5, 0.6) is 0 Å². The van der Waals surface area contributed by atoms with Crippen molar-refractivity contribution in [1.82, 2.24) is 0 Å². The minimum atomic E-state index is -0.209. The van der Waals surface area contributed by atoms with Crippen LogP contribution in [0.25, 0.3) is 0 Å². The molecule has 100 valence electrons. The van der Waals surface area contributed by atoms with Gasteiger partial charge in [0.1, 0.15) is 5.82 Å². The molecular formula is C14H11BrCl2FN. The van der Waals surface area contributed by atoms with Gasteiger partial charge < -0.3 is 5.32 Å². The van der Waals surface area contributed by atoms with E-state index in [2.05, 4.69) is 21.2 Å². The summed E-state index contributed by atoms with van der Waals surface area (Å²) in [4.78, 5) is 0. The maximum atomic E-state index is 13.4. The van der Waals surface area contributed by atoms with Gasteiger partial charge >= 0.3 is 0 Å². The van der Waals surface area contributed by atoms with E-state index >= 15 is 0 Å². The monoisotopic (exact) mass is 361 g/mol. The third-order valence-corrected chi connectivity index (χ3v) is 4.53. The fourth-order valence-corrected chi connectivity index (χ4v) is 2.45. The van der Waals surface area contributed by atoms with Crippen LogP contribution in [0.2, 0.25) is 10.0 Å². The van der Waals surface area contributed by atoms with Gasteiger partial charge in [-0.2, -0.15) is 0 Å². The molecule has 19 heavy (non-hydrogen) atoms. The van der Waals surface area contributed by atoms with E-state index in [1.807, 2.05) is 18.2 Å². The number of benzene rings is 2. The van der Waals surface area contributed by atoms with Crippen LogP contribution in [0.15, 0.2) is 34.8 Å². The Bertz CT molecular complexity index is 617. The first kappa shape index (κ1) is 14.6. The van der Waals surface area contributed by atoms with E-state index in [9.17, 15) is 4.39 Å².